The number of para-hydroxylation sites is 1. The number of carbonyl (C=O) groups is 1. The van der Waals surface area contributed by atoms with E-state index in [9.17, 15) is 9.18 Å². The molecule has 2 aromatic rings. The summed E-state index contributed by atoms with van der Waals surface area (Å²) in [6.45, 7) is 5.80. The summed E-state index contributed by atoms with van der Waals surface area (Å²) in [6.07, 6.45) is 2.17. The molecule has 4 nitrogen and oxygen atoms in total. The Balaban J connectivity index is 1.66. The fourth-order valence-electron chi connectivity index (χ4n) is 3.15. The summed E-state index contributed by atoms with van der Waals surface area (Å²) in [7, 11) is 0. The lowest BCUT2D eigenvalue weighted by Gasteiger charge is -2.22. The summed E-state index contributed by atoms with van der Waals surface area (Å²) >= 11 is 0. The Bertz CT molecular complexity index is 770. The predicted octanol–water partition coefficient (Wildman–Crippen LogP) is 4.57. The third-order valence-corrected chi connectivity index (χ3v) is 4.60. The minimum absolute atomic E-state index is 0.157. The third kappa shape index (κ3) is 4.34. The molecule has 1 amide bonds. The van der Waals surface area contributed by atoms with Crippen molar-refractivity contribution in [2.24, 2.45) is 0 Å². The molecule has 0 aromatic heterocycles. The fourth-order valence-corrected chi connectivity index (χ4v) is 3.15. The van der Waals surface area contributed by atoms with Crippen LogP contribution in [0.2, 0.25) is 0 Å². The number of halogens is 1. The van der Waals surface area contributed by atoms with E-state index in [0.29, 0.717) is 11.7 Å². The number of anilines is 2. The van der Waals surface area contributed by atoms with Crippen molar-refractivity contribution >= 4 is 17.3 Å². The van der Waals surface area contributed by atoms with Crippen molar-refractivity contribution in [2.75, 3.05) is 29.9 Å². The van der Waals surface area contributed by atoms with Crippen LogP contribution < -0.4 is 15.0 Å². The topological polar surface area (TPSA) is 41.6 Å². The van der Waals surface area contributed by atoms with E-state index in [-0.39, 0.29) is 18.2 Å². The first-order valence-electron chi connectivity index (χ1n) is 9.10. The van der Waals surface area contributed by atoms with E-state index in [2.05, 4.69) is 24.1 Å². The van der Waals surface area contributed by atoms with Gasteiger partial charge in [0.15, 0.2) is 6.61 Å². The SMILES string of the molecule is CC(C)c1cccc(OCC(=O)Nc2c(F)cccc2N2CCCC2)c1. The molecule has 1 heterocycles. The molecular formula is C21H25FN2O2. The van der Waals surface area contributed by atoms with Gasteiger partial charge >= 0.3 is 0 Å². The van der Waals surface area contributed by atoms with Gasteiger partial charge in [0.25, 0.3) is 5.91 Å². The maximum atomic E-state index is 14.3. The zero-order valence-electron chi connectivity index (χ0n) is 15.3. The van der Waals surface area contributed by atoms with Gasteiger partial charge in [-0.2, -0.15) is 0 Å². The van der Waals surface area contributed by atoms with Gasteiger partial charge in [0.2, 0.25) is 0 Å². The normalized spacial score (nSPS) is 13.9. The van der Waals surface area contributed by atoms with Gasteiger partial charge in [-0.05, 0) is 48.6 Å². The lowest BCUT2D eigenvalue weighted by atomic mass is 10.0. The zero-order chi connectivity index (χ0) is 18.5. The first kappa shape index (κ1) is 18.2. The average molecular weight is 356 g/mol. The molecule has 0 radical (unpaired) electrons. The molecule has 138 valence electrons. The summed E-state index contributed by atoms with van der Waals surface area (Å²) in [4.78, 5) is 14.4. The molecule has 26 heavy (non-hydrogen) atoms. The molecule has 0 spiro atoms. The fraction of sp³-hybridized carbons (Fsp3) is 0.381. The number of benzene rings is 2. The van der Waals surface area contributed by atoms with Gasteiger partial charge in [-0.15, -0.1) is 0 Å². The molecule has 0 atom stereocenters. The van der Waals surface area contributed by atoms with Crippen LogP contribution in [0.1, 0.15) is 38.2 Å². The molecule has 1 fully saturated rings. The Morgan fingerprint density at radius 3 is 2.65 bits per heavy atom. The Morgan fingerprint density at radius 1 is 1.19 bits per heavy atom. The zero-order valence-corrected chi connectivity index (χ0v) is 15.3. The molecule has 1 aliphatic heterocycles. The van der Waals surface area contributed by atoms with Crippen molar-refractivity contribution in [1.82, 2.24) is 0 Å². The van der Waals surface area contributed by atoms with Crippen LogP contribution in [-0.4, -0.2) is 25.6 Å². The third-order valence-electron chi connectivity index (χ3n) is 4.60. The molecule has 0 saturated carbocycles. The van der Waals surface area contributed by atoms with E-state index in [0.717, 1.165) is 37.2 Å². The lowest BCUT2D eigenvalue weighted by molar-refractivity contribution is -0.118. The van der Waals surface area contributed by atoms with Crippen molar-refractivity contribution < 1.29 is 13.9 Å². The molecule has 0 bridgehead atoms. The van der Waals surface area contributed by atoms with Gasteiger partial charge in [0, 0.05) is 13.1 Å². The summed E-state index contributed by atoms with van der Waals surface area (Å²) < 4.78 is 19.9. The highest BCUT2D eigenvalue weighted by Crippen LogP contribution is 2.31. The van der Waals surface area contributed by atoms with E-state index in [1.165, 1.54) is 6.07 Å². The number of rotatable bonds is 6. The van der Waals surface area contributed by atoms with Crippen LogP contribution in [0, 0.1) is 5.82 Å². The first-order valence-corrected chi connectivity index (χ1v) is 9.10. The quantitative estimate of drug-likeness (QED) is 0.824. The van der Waals surface area contributed by atoms with Crippen molar-refractivity contribution in [2.45, 2.75) is 32.6 Å². The monoisotopic (exact) mass is 356 g/mol. The van der Waals surface area contributed by atoms with Crippen molar-refractivity contribution in [1.29, 1.82) is 0 Å². The van der Waals surface area contributed by atoms with Gasteiger partial charge < -0.3 is 15.0 Å². The Morgan fingerprint density at radius 2 is 1.92 bits per heavy atom. The number of hydrogen-bond acceptors (Lipinski definition) is 3. The second-order valence-electron chi connectivity index (χ2n) is 6.89. The second kappa shape index (κ2) is 8.21. The molecule has 2 aromatic carbocycles. The summed E-state index contributed by atoms with van der Waals surface area (Å²) in [5, 5.41) is 2.68. The number of nitrogens with one attached hydrogen (secondary N) is 1. The Hall–Kier alpha value is -2.56. The smallest absolute Gasteiger partial charge is 0.262 e. The standard InChI is InChI=1S/C21H25FN2O2/c1-15(2)16-7-5-8-17(13-16)26-14-20(25)23-21-18(22)9-6-10-19(21)24-11-3-4-12-24/h5-10,13,15H,3-4,11-12,14H2,1-2H3,(H,23,25). The minimum Gasteiger partial charge on any atom is -0.484 e. The Kier molecular flexibility index (Phi) is 5.76. The van der Waals surface area contributed by atoms with E-state index in [1.807, 2.05) is 30.3 Å². The predicted molar refractivity (Wildman–Crippen MR) is 103 cm³/mol. The number of hydrogen-bond donors (Lipinski definition) is 1. The number of amides is 1. The summed E-state index contributed by atoms with van der Waals surface area (Å²) in [5.74, 6) is 0.225. The van der Waals surface area contributed by atoms with Gasteiger partial charge in [-0.1, -0.05) is 32.0 Å². The van der Waals surface area contributed by atoms with Gasteiger partial charge in [0.05, 0.1) is 5.69 Å². The van der Waals surface area contributed by atoms with Crippen LogP contribution in [0.4, 0.5) is 15.8 Å². The average Bonchev–Trinajstić information content (AvgIpc) is 3.16. The highest BCUT2D eigenvalue weighted by atomic mass is 19.1. The van der Waals surface area contributed by atoms with Crippen molar-refractivity contribution in [3.05, 3.63) is 53.8 Å². The molecule has 1 aliphatic rings. The minimum atomic E-state index is -0.426. The molecule has 1 saturated heterocycles. The van der Waals surface area contributed by atoms with Crippen molar-refractivity contribution in [3.8, 4) is 5.75 Å². The van der Waals surface area contributed by atoms with Gasteiger partial charge in [-0.25, -0.2) is 4.39 Å². The van der Waals surface area contributed by atoms with Crippen LogP contribution in [0.5, 0.6) is 5.75 Å². The maximum Gasteiger partial charge on any atom is 0.262 e. The lowest BCUT2D eigenvalue weighted by Crippen LogP contribution is -2.24. The number of carbonyl (C=O) groups excluding carboxylic acids is 1. The first-order chi connectivity index (χ1) is 12.5. The number of nitrogens with zero attached hydrogens (tertiary/aromatic N) is 1. The number of ether oxygens (including phenoxy) is 1. The van der Waals surface area contributed by atoms with Gasteiger partial charge in [-0.3, -0.25) is 4.79 Å². The molecule has 3 rings (SSSR count). The molecular weight excluding hydrogens is 331 g/mol. The van der Waals surface area contributed by atoms with Crippen molar-refractivity contribution in [3.63, 3.8) is 0 Å². The van der Waals surface area contributed by atoms with Crippen LogP contribution in [0.25, 0.3) is 0 Å². The van der Waals surface area contributed by atoms with E-state index < -0.39 is 5.82 Å². The highest BCUT2D eigenvalue weighted by Gasteiger charge is 2.19. The van der Waals surface area contributed by atoms with Crippen LogP contribution >= 0.6 is 0 Å². The Labute approximate surface area is 154 Å². The summed E-state index contributed by atoms with van der Waals surface area (Å²) in [5.41, 5.74) is 2.12. The van der Waals surface area contributed by atoms with E-state index in [1.54, 1.807) is 6.07 Å². The van der Waals surface area contributed by atoms with Crippen LogP contribution in [-0.2, 0) is 4.79 Å². The molecule has 5 heteroatoms. The maximum absolute atomic E-state index is 14.3. The highest BCUT2D eigenvalue weighted by molar-refractivity contribution is 5.95. The largest absolute Gasteiger partial charge is 0.484 e. The van der Waals surface area contributed by atoms with Crippen LogP contribution in [0.15, 0.2) is 42.5 Å². The van der Waals surface area contributed by atoms with Gasteiger partial charge in [0.1, 0.15) is 17.3 Å². The molecule has 0 unspecified atom stereocenters. The molecule has 0 aliphatic carbocycles. The van der Waals surface area contributed by atoms with E-state index >= 15 is 0 Å². The van der Waals surface area contributed by atoms with Crippen LogP contribution in [0.3, 0.4) is 0 Å². The molecule has 1 N–H and O–H groups in total. The van der Waals surface area contributed by atoms with E-state index in [4.69, 9.17) is 4.74 Å². The summed E-state index contributed by atoms with van der Waals surface area (Å²) in [6, 6.07) is 12.6. The second-order valence-corrected chi connectivity index (χ2v) is 6.89.